The van der Waals surface area contributed by atoms with E-state index in [4.69, 9.17) is 5.73 Å². The highest BCUT2D eigenvalue weighted by Gasteiger charge is 2.19. The average molecular weight is 339 g/mol. The number of anilines is 1. The molecule has 0 saturated heterocycles. The van der Waals surface area contributed by atoms with E-state index in [-0.39, 0.29) is 6.04 Å². The number of rotatable bonds is 4. The Morgan fingerprint density at radius 2 is 2.00 bits per heavy atom. The molecule has 0 amide bonds. The highest BCUT2D eigenvalue weighted by molar-refractivity contribution is 9.10. The van der Waals surface area contributed by atoms with Crippen molar-refractivity contribution in [3.8, 4) is 0 Å². The van der Waals surface area contributed by atoms with Crippen molar-refractivity contribution >= 4 is 33.0 Å². The number of aryl methyl sites for hydroxylation is 2. The van der Waals surface area contributed by atoms with Crippen molar-refractivity contribution in [1.82, 2.24) is 0 Å². The van der Waals surface area contributed by atoms with Gasteiger partial charge in [0.25, 0.3) is 0 Å². The van der Waals surface area contributed by atoms with E-state index in [1.54, 1.807) is 0 Å². The van der Waals surface area contributed by atoms with Crippen molar-refractivity contribution in [2.45, 2.75) is 19.9 Å². The van der Waals surface area contributed by atoms with E-state index < -0.39 is 0 Å². The molecule has 2 nitrogen and oxygen atoms in total. The monoisotopic (exact) mass is 338 g/mol. The number of para-hydroxylation sites is 1. The molecule has 0 aliphatic heterocycles. The van der Waals surface area contributed by atoms with Crippen molar-refractivity contribution in [3.05, 3.63) is 50.1 Å². The van der Waals surface area contributed by atoms with Crippen LogP contribution in [0.4, 0.5) is 5.69 Å². The third-order valence-corrected chi connectivity index (χ3v) is 5.63. The number of nitrogens with zero attached hydrogens (tertiary/aromatic N) is 1. The quantitative estimate of drug-likeness (QED) is 0.902. The van der Waals surface area contributed by atoms with Crippen molar-refractivity contribution in [2.75, 3.05) is 18.5 Å². The first kappa shape index (κ1) is 14.6. The predicted octanol–water partition coefficient (Wildman–Crippen LogP) is 4.26. The molecule has 102 valence electrons. The second kappa shape index (κ2) is 6.07. The van der Waals surface area contributed by atoms with E-state index in [1.807, 2.05) is 11.3 Å². The highest BCUT2D eigenvalue weighted by Crippen LogP contribution is 2.35. The van der Waals surface area contributed by atoms with Gasteiger partial charge in [-0.25, -0.2) is 0 Å². The zero-order chi connectivity index (χ0) is 14.0. The molecule has 1 aromatic heterocycles. The molecular weight excluding hydrogens is 320 g/mol. The molecule has 0 bridgehead atoms. The molecular formula is C15H19BrN2S. The predicted molar refractivity (Wildman–Crippen MR) is 88.1 cm³/mol. The lowest BCUT2D eigenvalue weighted by Crippen LogP contribution is -2.30. The van der Waals surface area contributed by atoms with Gasteiger partial charge >= 0.3 is 0 Å². The maximum absolute atomic E-state index is 6.00. The van der Waals surface area contributed by atoms with Gasteiger partial charge in [0.15, 0.2) is 0 Å². The smallest absolute Gasteiger partial charge is 0.0754 e. The molecule has 0 fully saturated rings. The molecule has 2 N–H and O–H groups in total. The lowest BCUT2D eigenvalue weighted by molar-refractivity contribution is 0.691. The number of halogens is 1. The van der Waals surface area contributed by atoms with Crippen LogP contribution in [0.5, 0.6) is 0 Å². The molecule has 0 aliphatic rings. The highest BCUT2D eigenvalue weighted by atomic mass is 79.9. The van der Waals surface area contributed by atoms with Crippen molar-refractivity contribution in [3.63, 3.8) is 0 Å². The van der Waals surface area contributed by atoms with Gasteiger partial charge in [0.05, 0.1) is 6.04 Å². The fraction of sp³-hybridized carbons (Fsp3) is 0.333. The van der Waals surface area contributed by atoms with Gasteiger partial charge in [-0.05, 0) is 47.5 Å². The summed E-state index contributed by atoms with van der Waals surface area (Å²) in [5, 5.41) is 0. The van der Waals surface area contributed by atoms with Gasteiger partial charge in [-0.15, -0.1) is 11.3 Å². The van der Waals surface area contributed by atoms with Crippen LogP contribution in [0.15, 0.2) is 34.8 Å². The van der Waals surface area contributed by atoms with E-state index in [2.05, 4.69) is 72.1 Å². The molecule has 0 saturated carbocycles. The summed E-state index contributed by atoms with van der Waals surface area (Å²) in [5.74, 6) is 0. The van der Waals surface area contributed by atoms with Gasteiger partial charge in [-0.2, -0.15) is 0 Å². The number of hydrogen-bond acceptors (Lipinski definition) is 3. The van der Waals surface area contributed by atoms with Crippen molar-refractivity contribution in [2.24, 2.45) is 5.73 Å². The number of thiophene rings is 1. The maximum atomic E-state index is 6.00. The van der Waals surface area contributed by atoms with Crippen LogP contribution in [0, 0.1) is 13.8 Å². The first-order valence-corrected chi connectivity index (χ1v) is 7.90. The topological polar surface area (TPSA) is 29.3 Å². The van der Waals surface area contributed by atoms with Crippen LogP contribution >= 0.6 is 27.3 Å². The normalized spacial score (nSPS) is 12.5. The standard InChI is InChI=1S/C15H19BrN2S/c1-10-6-4-5-7-13(10)18(3)14(9-17)15-8-12(16)11(2)19-15/h4-8,14H,9,17H2,1-3H3. The Bertz CT molecular complexity index is 546. The van der Waals surface area contributed by atoms with Crippen LogP contribution in [0.1, 0.15) is 21.4 Å². The summed E-state index contributed by atoms with van der Waals surface area (Å²) in [6, 6.07) is 10.8. The Hall–Kier alpha value is -0.840. The lowest BCUT2D eigenvalue weighted by atomic mass is 10.1. The fourth-order valence-electron chi connectivity index (χ4n) is 2.24. The number of benzene rings is 1. The number of likely N-dealkylation sites (N-methyl/N-ethyl adjacent to an activating group) is 1. The second-order valence-electron chi connectivity index (χ2n) is 4.70. The Balaban J connectivity index is 2.34. The third-order valence-electron chi connectivity index (χ3n) is 3.39. The number of hydrogen-bond donors (Lipinski definition) is 1. The third kappa shape index (κ3) is 3.02. The van der Waals surface area contributed by atoms with Crippen LogP contribution in [-0.4, -0.2) is 13.6 Å². The first-order valence-electron chi connectivity index (χ1n) is 6.29. The molecule has 1 heterocycles. The summed E-state index contributed by atoms with van der Waals surface area (Å²) in [4.78, 5) is 4.87. The molecule has 1 unspecified atom stereocenters. The molecule has 0 aliphatic carbocycles. The van der Waals surface area contributed by atoms with Gasteiger partial charge in [0.1, 0.15) is 0 Å². The first-order chi connectivity index (χ1) is 9.04. The van der Waals surface area contributed by atoms with Crippen LogP contribution in [0.25, 0.3) is 0 Å². The average Bonchev–Trinajstić information content (AvgIpc) is 2.70. The Kier molecular flexibility index (Phi) is 4.66. The molecule has 19 heavy (non-hydrogen) atoms. The fourth-order valence-corrected chi connectivity index (χ4v) is 3.96. The van der Waals surface area contributed by atoms with Crippen molar-refractivity contribution in [1.29, 1.82) is 0 Å². The molecule has 0 spiro atoms. The van der Waals surface area contributed by atoms with E-state index in [0.717, 1.165) is 0 Å². The largest absolute Gasteiger partial charge is 0.365 e. The summed E-state index contributed by atoms with van der Waals surface area (Å²) < 4.78 is 1.17. The summed E-state index contributed by atoms with van der Waals surface area (Å²) in [5.41, 5.74) is 8.51. The molecule has 1 atom stereocenters. The van der Waals surface area contributed by atoms with Gasteiger partial charge in [0, 0.05) is 33.5 Å². The molecule has 2 aromatic rings. The van der Waals surface area contributed by atoms with Crippen LogP contribution in [0.3, 0.4) is 0 Å². The minimum absolute atomic E-state index is 0.219. The van der Waals surface area contributed by atoms with Crippen LogP contribution in [-0.2, 0) is 0 Å². The van der Waals surface area contributed by atoms with E-state index in [1.165, 1.54) is 25.5 Å². The molecule has 4 heteroatoms. The Morgan fingerprint density at radius 1 is 1.32 bits per heavy atom. The molecule has 1 aromatic carbocycles. The lowest BCUT2D eigenvalue weighted by Gasteiger charge is -2.29. The van der Waals surface area contributed by atoms with Gasteiger partial charge in [-0.1, -0.05) is 18.2 Å². The Morgan fingerprint density at radius 3 is 2.53 bits per heavy atom. The van der Waals surface area contributed by atoms with E-state index >= 15 is 0 Å². The van der Waals surface area contributed by atoms with Crippen molar-refractivity contribution < 1.29 is 0 Å². The van der Waals surface area contributed by atoms with Crippen LogP contribution in [0.2, 0.25) is 0 Å². The SMILES string of the molecule is Cc1ccccc1N(C)C(CN)c1cc(Br)c(C)s1. The summed E-state index contributed by atoms with van der Waals surface area (Å²) in [6.45, 7) is 4.87. The summed E-state index contributed by atoms with van der Waals surface area (Å²) >= 11 is 5.39. The van der Waals surface area contributed by atoms with Crippen LogP contribution < -0.4 is 10.6 Å². The maximum Gasteiger partial charge on any atom is 0.0754 e. The van der Waals surface area contributed by atoms with Gasteiger partial charge in [0.2, 0.25) is 0 Å². The van der Waals surface area contributed by atoms with Gasteiger partial charge in [-0.3, -0.25) is 0 Å². The zero-order valence-electron chi connectivity index (χ0n) is 11.5. The molecule has 2 rings (SSSR count). The minimum atomic E-state index is 0.219. The minimum Gasteiger partial charge on any atom is -0.365 e. The zero-order valence-corrected chi connectivity index (χ0v) is 13.9. The van der Waals surface area contributed by atoms with E-state index in [9.17, 15) is 0 Å². The summed E-state index contributed by atoms with van der Waals surface area (Å²) in [7, 11) is 2.11. The van der Waals surface area contributed by atoms with Gasteiger partial charge < -0.3 is 10.6 Å². The Labute approximate surface area is 127 Å². The van der Waals surface area contributed by atoms with E-state index in [0.29, 0.717) is 6.54 Å². The number of nitrogens with two attached hydrogens (primary N) is 1. The second-order valence-corrected chi connectivity index (χ2v) is 6.84. The summed E-state index contributed by atoms with van der Waals surface area (Å²) in [6.07, 6.45) is 0. The molecule has 0 radical (unpaired) electrons.